The van der Waals surface area contributed by atoms with Crippen LogP contribution < -0.4 is 24.3 Å². The van der Waals surface area contributed by atoms with E-state index in [1.807, 2.05) is 31.2 Å². The second-order valence-corrected chi connectivity index (χ2v) is 5.69. The van der Waals surface area contributed by atoms with Crippen LogP contribution in [0.4, 0.5) is 0 Å². The lowest BCUT2D eigenvalue weighted by molar-refractivity contribution is -0.120. The molecule has 6 nitrogen and oxygen atoms in total. The molecule has 1 N–H and O–H groups in total. The Balaban J connectivity index is 1.35. The molecule has 1 aliphatic heterocycles. The largest absolute Gasteiger partial charge is 0.494 e. The highest BCUT2D eigenvalue weighted by Crippen LogP contribution is 2.34. The van der Waals surface area contributed by atoms with E-state index >= 15 is 0 Å². The van der Waals surface area contributed by atoms with Gasteiger partial charge in [-0.2, -0.15) is 0 Å². The van der Waals surface area contributed by atoms with Crippen molar-refractivity contribution in [3.63, 3.8) is 0 Å². The molecule has 0 unspecified atom stereocenters. The van der Waals surface area contributed by atoms with Crippen LogP contribution in [0.1, 0.15) is 12.5 Å². The third kappa shape index (κ3) is 5.58. The van der Waals surface area contributed by atoms with Crippen molar-refractivity contribution in [2.45, 2.75) is 13.3 Å². The molecule has 0 radical (unpaired) electrons. The monoisotopic (exact) mass is 367 g/mol. The molecule has 3 rings (SSSR count). The van der Waals surface area contributed by atoms with Gasteiger partial charge in [-0.1, -0.05) is 24.0 Å². The standard InChI is InChI=1S/C21H21NO5/c1-2-24-17-7-5-16(6-8-17)13-21(23)22-11-3-4-12-25-18-9-10-19-20(14-18)27-15-26-19/h5-10,14H,2,11-13,15H2,1H3,(H,22,23). The maximum Gasteiger partial charge on any atom is 0.231 e. The van der Waals surface area contributed by atoms with Crippen molar-refractivity contribution in [1.82, 2.24) is 5.32 Å². The molecule has 0 fully saturated rings. The lowest BCUT2D eigenvalue weighted by atomic mass is 10.1. The van der Waals surface area contributed by atoms with Crippen LogP contribution in [0.2, 0.25) is 0 Å². The predicted octanol–water partition coefficient (Wildman–Crippen LogP) is 2.56. The van der Waals surface area contributed by atoms with E-state index in [9.17, 15) is 4.79 Å². The van der Waals surface area contributed by atoms with Gasteiger partial charge in [-0.15, -0.1) is 0 Å². The van der Waals surface area contributed by atoms with Gasteiger partial charge < -0.3 is 24.3 Å². The van der Waals surface area contributed by atoms with E-state index in [1.54, 1.807) is 18.2 Å². The van der Waals surface area contributed by atoms with Crippen molar-refractivity contribution in [2.24, 2.45) is 0 Å². The zero-order valence-electron chi connectivity index (χ0n) is 15.1. The number of ether oxygens (including phenoxy) is 4. The molecule has 0 spiro atoms. The Kier molecular flexibility index (Phi) is 6.42. The highest BCUT2D eigenvalue weighted by molar-refractivity contribution is 5.78. The first-order valence-electron chi connectivity index (χ1n) is 8.71. The molecule has 2 aromatic carbocycles. The molecular weight excluding hydrogens is 346 g/mol. The number of amides is 1. The van der Waals surface area contributed by atoms with E-state index in [0.29, 0.717) is 30.3 Å². The smallest absolute Gasteiger partial charge is 0.231 e. The van der Waals surface area contributed by atoms with E-state index in [0.717, 1.165) is 11.3 Å². The summed E-state index contributed by atoms with van der Waals surface area (Å²) in [6.45, 7) is 3.29. The fourth-order valence-corrected chi connectivity index (χ4v) is 2.46. The number of benzene rings is 2. The lowest BCUT2D eigenvalue weighted by Gasteiger charge is -2.05. The summed E-state index contributed by atoms with van der Waals surface area (Å²) in [5.74, 6) is 8.50. The molecule has 0 aromatic heterocycles. The molecule has 6 heteroatoms. The van der Waals surface area contributed by atoms with Gasteiger partial charge in [0.15, 0.2) is 11.5 Å². The molecule has 1 amide bonds. The zero-order chi connectivity index (χ0) is 18.9. The van der Waals surface area contributed by atoms with Crippen molar-refractivity contribution < 1.29 is 23.7 Å². The summed E-state index contributed by atoms with van der Waals surface area (Å²) in [5, 5.41) is 2.77. The van der Waals surface area contributed by atoms with Crippen LogP contribution in [0.25, 0.3) is 0 Å². The fraction of sp³-hybridized carbons (Fsp3) is 0.286. The summed E-state index contributed by atoms with van der Waals surface area (Å²) in [6, 6.07) is 12.9. The Morgan fingerprint density at radius 2 is 1.81 bits per heavy atom. The average molecular weight is 367 g/mol. The molecule has 0 bridgehead atoms. The highest BCUT2D eigenvalue weighted by Gasteiger charge is 2.13. The van der Waals surface area contributed by atoms with Gasteiger partial charge in [0, 0.05) is 6.07 Å². The number of fused-ring (bicyclic) bond motifs is 1. The summed E-state index contributed by atoms with van der Waals surface area (Å²) >= 11 is 0. The molecule has 1 heterocycles. The van der Waals surface area contributed by atoms with Crippen LogP contribution in [0.5, 0.6) is 23.0 Å². The Bertz CT molecular complexity index is 836. The van der Waals surface area contributed by atoms with Gasteiger partial charge >= 0.3 is 0 Å². The van der Waals surface area contributed by atoms with Crippen LogP contribution in [0.3, 0.4) is 0 Å². The average Bonchev–Trinajstić information content (AvgIpc) is 3.14. The summed E-state index contributed by atoms with van der Waals surface area (Å²) in [4.78, 5) is 11.9. The number of carbonyl (C=O) groups excluding carboxylic acids is 1. The van der Waals surface area contributed by atoms with Crippen LogP contribution in [0.15, 0.2) is 42.5 Å². The van der Waals surface area contributed by atoms with Gasteiger partial charge in [0.1, 0.15) is 18.1 Å². The van der Waals surface area contributed by atoms with E-state index in [2.05, 4.69) is 17.2 Å². The van der Waals surface area contributed by atoms with Crippen molar-refractivity contribution in [1.29, 1.82) is 0 Å². The Labute approximate surface area is 158 Å². The Hall–Kier alpha value is -3.33. The molecule has 0 aliphatic carbocycles. The van der Waals surface area contributed by atoms with E-state index in [4.69, 9.17) is 18.9 Å². The normalized spacial score (nSPS) is 11.3. The number of nitrogens with one attached hydrogen (secondary N) is 1. The molecule has 1 aliphatic rings. The van der Waals surface area contributed by atoms with E-state index < -0.39 is 0 Å². The maximum atomic E-state index is 11.9. The van der Waals surface area contributed by atoms with E-state index in [-0.39, 0.29) is 25.9 Å². The second-order valence-electron chi connectivity index (χ2n) is 5.69. The van der Waals surface area contributed by atoms with Crippen molar-refractivity contribution in [3.8, 4) is 34.8 Å². The van der Waals surface area contributed by atoms with Crippen LogP contribution >= 0.6 is 0 Å². The van der Waals surface area contributed by atoms with Gasteiger partial charge in [-0.05, 0) is 36.8 Å². The van der Waals surface area contributed by atoms with Gasteiger partial charge in [-0.3, -0.25) is 4.79 Å². The first kappa shape index (κ1) is 18.5. The quantitative estimate of drug-likeness (QED) is 0.762. The third-order valence-corrected chi connectivity index (χ3v) is 3.75. The first-order chi connectivity index (χ1) is 13.2. The van der Waals surface area contributed by atoms with Gasteiger partial charge in [-0.25, -0.2) is 0 Å². The van der Waals surface area contributed by atoms with Crippen molar-refractivity contribution in [2.75, 3.05) is 26.6 Å². The molecular formula is C21H21NO5. The summed E-state index contributed by atoms with van der Waals surface area (Å²) in [5.41, 5.74) is 0.926. The molecule has 27 heavy (non-hydrogen) atoms. The molecule has 0 saturated carbocycles. The number of rotatable bonds is 7. The van der Waals surface area contributed by atoms with E-state index in [1.165, 1.54) is 0 Å². The molecule has 140 valence electrons. The van der Waals surface area contributed by atoms with Crippen molar-refractivity contribution >= 4 is 5.91 Å². The summed E-state index contributed by atoms with van der Waals surface area (Å²) < 4.78 is 21.4. The Morgan fingerprint density at radius 1 is 1.04 bits per heavy atom. The minimum Gasteiger partial charge on any atom is -0.494 e. The van der Waals surface area contributed by atoms with Crippen LogP contribution in [-0.4, -0.2) is 32.5 Å². The summed E-state index contributed by atoms with van der Waals surface area (Å²) in [6.07, 6.45) is 0.307. The fourth-order valence-electron chi connectivity index (χ4n) is 2.46. The minimum absolute atomic E-state index is 0.0786. The zero-order valence-corrected chi connectivity index (χ0v) is 15.1. The minimum atomic E-state index is -0.0786. The van der Waals surface area contributed by atoms with Crippen molar-refractivity contribution in [3.05, 3.63) is 48.0 Å². The van der Waals surface area contributed by atoms with Gasteiger partial charge in [0.25, 0.3) is 0 Å². The SMILES string of the molecule is CCOc1ccc(CC(=O)NCC#CCOc2ccc3c(c2)OCO3)cc1. The predicted molar refractivity (Wildman–Crippen MR) is 100 cm³/mol. The molecule has 2 aromatic rings. The third-order valence-electron chi connectivity index (χ3n) is 3.75. The lowest BCUT2D eigenvalue weighted by Crippen LogP contribution is -2.25. The Morgan fingerprint density at radius 3 is 2.63 bits per heavy atom. The number of hydrogen-bond donors (Lipinski definition) is 1. The topological polar surface area (TPSA) is 66.0 Å². The van der Waals surface area contributed by atoms with Crippen LogP contribution in [-0.2, 0) is 11.2 Å². The summed E-state index contributed by atoms with van der Waals surface area (Å²) in [7, 11) is 0. The van der Waals surface area contributed by atoms with Gasteiger partial charge in [0.05, 0.1) is 19.6 Å². The second kappa shape index (κ2) is 9.39. The first-order valence-corrected chi connectivity index (χ1v) is 8.71. The van der Waals surface area contributed by atoms with Gasteiger partial charge in [0.2, 0.25) is 12.7 Å². The molecule has 0 atom stereocenters. The highest BCUT2D eigenvalue weighted by atomic mass is 16.7. The molecule has 0 saturated heterocycles. The van der Waals surface area contributed by atoms with Crippen LogP contribution in [0, 0.1) is 11.8 Å². The number of carbonyl (C=O) groups is 1. The maximum absolute atomic E-state index is 11.9. The number of hydrogen-bond acceptors (Lipinski definition) is 5.